The SMILES string of the molecule is COc1cc(C)c(C(=O)O)nc1OC(F)(F)F. The van der Waals surface area contributed by atoms with Crippen LogP contribution in [-0.2, 0) is 0 Å². The molecule has 1 aromatic heterocycles. The molecule has 0 radical (unpaired) electrons. The maximum Gasteiger partial charge on any atom is 0.574 e. The van der Waals surface area contributed by atoms with Crippen molar-refractivity contribution in [1.82, 2.24) is 4.98 Å². The molecule has 0 aliphatic rings. The normalized spacial score (nSPS) is 11.1. The lowest BCUT2D eigenvalue weighted by molar-refractivity contribution is -0.276. The molecule has 0 fully saturated rings. The largest absolute Gasteiger partial charge is 0.574 e. The van der Waals surface area contributed by atoms with Gasteiger partial charge < -0.3 is 14.6 Å². The second kappa shape index (κ2) is 4.48. The summed E-state index contributed by atoms with van der Waals surface area (Å²) in [6, 6.07) is 1.11. The van der Waals surface area contributed by atoms with Crippen molar-refractivity contribution in [2.75, 3.05) is 7.11 Å². The number of hydrogen-bond acceptors (Lipinski definition) is 4. The number of hydrogen-bond donors (Lipinski definition) is 1. The summed E-state index contributed by atoms with van der Waals surface area (Å²) in [5.41, 5.74) is -0.353. The molecule has 17 heavy (non-hydrogen) atoms. The lowest BCUT2D eigenvalue weighted by atomic mass is 10.2. The van der Waals surface area contributed by atoms with E-state index in [0.29, 0.717) is 0 Å². The number of methoxy groups -OCH3 is 1. The smallest absolute Gasteiger partial charge is 0.491 e. The summed E-state index contributed by atoms with van der Waals surface area (Å²) in [4.78, 5) is 14.0. The Bertz CT molecular complexity index is 445. The Labute approximate surface area is 93.8 Å². The minimum atomic E-state index is -4.97. The van der Waals surface area contributed by atoms with Gasteiger partial charge in [-0.3, -0.25) is 0 Å². The summed E-state index contributed by atoms with van der Waals surface area (Å²) in [7, 11) is 1.13. The van der Waals surface area contributed by atoms with Crippen LogP contribution in [0, 0.1) is 6.92 Å². The Morgan fingerprint density at radius 1 is 1.47 bits per heavy atom. The number of alkyl halides is 3. The van der Waals surface area contributed by atoms with Gasteiger partial charge in [-0.25, -0.2) is 9.78 Å². The number of ether oxygens (including phenoxy) is 2. The average molecular weight is 251 g/mol. The van der Waals surface area contributed by atoms with Crippen LogP contribution in [0.1, 0.15) is 16.1 Å². The Hall–Kier alpha value is -1.99. The highest BCUT2D eigenvalue weighted by Crippen LogP contribution is 2.31. The van der Waals surface area contributed by atoms with Crippen molar-refractivity contribution >= 4 is 5.97 Å². The molecule has 0 unspecified atom stereocenters. The van der Waals surface area contributed by atoms with Gasteiger partial charge in [-0.05, 0) is 18.6 Å². The third kappa shape index (κ3) is 3.23. The number of rotatable bonds is 3. The fourth-order valence-electron chi connectivity index (χ4n) is 1.12. The minimum Gasteiger partial charge on any atom is -0.491 e. The fourth-order valence-corrected chi connectivity index (χ4v) is 1.12. The predicted octanol–water partition coefficient (Wildman–Crippen LogP) is 2.00. The van der Waals surface area contributed by atoms with Crippen LogP contribution in [0.15, 0.2) is 6.07 Å². The predicted molar refractivity (Wildman–Crippen MR) is 49.2 cm³/mol. The summed E-state index contributed by atoms with van der Waals surface area (Å²) in [6.45, 7) is 1.39. The van der Waals surface area contributed by atoms with E-state index in [1.807, 2.05) is 0 Å². The second-order valence-electron chi connectivity index (χ2n) is 3.01. The number of aromatic nitrogens is 1. The molecule has 1 heterocycles. The Balaban J connectivity index is 3.26. The van der Waals surface area contributed by atoms with Crippen LogP contribution in [0.5, 0.6) is 11.6 Å². The van der Waals surface area contributed by atoms with Gasteiger partial charge in [0.1, 0.15) is 0 Å². The van der Waals surface area contributed by atoms with Crippen LogP contribution in [-0.4, -0.2) is 29.5 Å². The molecule has 0 saturated heterocycles. The molecule has 5 nitrogen and oxygen atoms in total. The molecule has 0 bridgehead atoms. The fraction of sp³-hybridized carbons (Fsp3) is 0.333. The van der Waals surface area contributed by atoms with E-state index in [1.165, 1.54) is 6.92 Å². The van der Waals surface area contributed by atoms with E-state index < -0.39 is 23.9 Å². The summed E-state index contributed by atoms with van der Waals surface area (Å²) in [6.07, 6.45) is -4.97. The molecule has 0 atom stereocenters. The van der Waals surface area contributed by atoms with Gasteiger partial charge in [0, 0.05) is 0 Å². The van der Waals surface area contributed by atoms with Crippen LogP contribution >= 0.6 is 0 Å². The molecule has 0 amide bonds. The maximum absolute atomic E-state index is 12.0. The van der Waals surface area contributed by atoms with Crippen molar-refractivity contribution in [2.45, 2.75) is 13.3 Å². The Kier molecular flexibility index (Phi) is 3.45. The molecule has 0 saturated carbocycles. The lowest BCUT2D eigenvalue weighted by Crippen LogP contribution is -2.19. The molecule has 0 aliphatic heterocycles. The van der Waals surface area contributed by atoms with Gasteiger partial charge in [0.15, 0.2) is 11.4 Å². The minimum absolute atomic E-state index is 0.170. The molecule has 1 aromatic rings. The van der Waals surface area contributed by atoms with E-state index in [0.717, 1.165) is 13.2 Å². The highest BCUT2D eigenvalue weighted by atomic mass is 19.4. The van der Waals surface area contributed by atoms with Crippen molar-refractivity contribution in [1.29, 1.82) is 0 Å². The number of carboxylic acids is 1. The summed E-state index contributed by atoms with van der Waals surface area (Å²) < 4.78 is 44.3. The van der Waals surface area contributed by atoms with Gasteiger partial charge >= 0.3 is 12.3 Å². The first kappa shape index (κ1) is 13.1. The van der Waals surface area contributed by atoms with Gasteiger partial charge in [-0.15, -0.1) is 13.2 Å². The zero-order chi connectivity index (χ0) is 13.2. The first-order valence-electron chi connectivity index (χ1n) is 4.29. The third-order valence-corrected chi connectivity index (χ3v) is 1.78. The molecule has 1 N–H and O–H groups in total. The van der Waals surface area contributed by atoms with Crippen LogP contribution in [0.2, 0.25) is 0 Å². The number of carbonyl (C=O) groups is 1. The third-order valence-electron chi connectivity index (χ3n) is 1.78. The first-order valence-corrected chi connectivity index (χ1v) is 4.29. The maximum atomic E-state index is 12.0. The van der Waals surface area contributed by atoms with E-state index >= 15 is 0 Å². The average Bonchev–Trinajstić information content (AvgIpc) is 2.17. The van der Waals surface area contributed by atoms with Crippen molar-refractivity contribution in [3.8, 4) is 11.6 Å². The highest BCUT2D eigenvalue weighted by molar-refractivity contribution is 5.87. The van der Waals surface area contributed by atoms with E-state index in [-0.39, 0.29) is 11.3 Å². The molecule has 0 spiro atoms. The summed E-state index contributed by atoms with van der Waals surface area (Å²) >= 11 is 0. The second-order valence-corrected chi connectivity index (χ2v) is 3.01. The quantitative estimate of drug-likeness (QED) is 0.889. The topological polar surface area (TPSA) is 68.7 Å². The monoisotopic (exact) mass is 251 g/mol. The number of pyridine rings is 1. The highest BCUT2D eigenvalue weighted by Gasteiger charge is 2.34. The number of halogens is 3. The summed E-state index contributed by atoms with van der Waals surface area (Å²) in [5, 5.41) is 8.71. The molecule has 0 aromatic carbocycles. The molecule has 1 rings (SSSR count). The number of aryl methyl sites for hydroxylation is 1. The van der Waals surface area contributed by atoms with Crippen LogP contribution in [0.25, 0.3) is 0 Å². The van der Waals surface area contributed by atoms with Gasteiger partial charge in [-0.2, -0.15) is 0 Å². The van der Waals surface area contributed by atoms with Gasteiger partial charge in [0.05, 0.1) is 7.11 Å². The number of carboxylic acid groups (broad SMARTS) is 1. The molecular weight excluding hydrogens is 243 g/mol. The van der Waals surface area contributed by atoms with Gasteiger partial charge in [0.25, 0.3) is 5.88 Å². The number of aromatic carboxylic acids is 1. The summed E-state index contributed by atoms with van der Waals surface area (Å²) in [5.74, 6) is -2.66. The van der Waals surface area contributed by atoms with E-state index in [4.69, 9.17) is 5.11 Å². The zero-order valence-corrected chi connectivity index (χ0v) is 8.83. The van der Waals surface area contributed by atoms with Crippen molar-refractivity contribution in [3.63, 3.8) is 0 Å². The van der Waals surface area contributed by atoms with Crippen molar-refractivity contribution in [2.24, 2.45) is 0 Å². The van der Waals surface area contributed by atoms with Gasteiger partial charge in [0.2, 0.25) is 0 Å². The number of nitrogens with zero attached hydrogens (tertiary/aromatic N) is 1. The molecule has 8 heteroatoms. The Morgan fingerprint density at radius 3 is 2.47 bits per heavy atom. The van der Waals surface area contributed by atoms with E-state index in [9.17, 15) is 18.0 Å². The molecular formula is C9H8F3NO4. The van der Waals surface area contributed by atoms with E-state index in [1.54, 1.807) is 0 Å². The van der Waals surface area contributed by atoms with Crippen molar-refractivity contribution < 1.29 is 32.5 Å². The van der Waals surface area contributed by atoms with Crippen molar-refractivity contribution in [3.05, 3.63) is 17.3 Å². The van der Waals surface area contributed by atoms with Crippen LogP contribution in [0.4, 0.5) is 13.2 Å². The van der Waals surface area contributed by atoms with Gasteiger partial charge in [-0.1, -0.05) is 0 Å². The standard InChI is InChI=1S/C9H8F3NO4/c1-4-3-5(16-2)7(17-9(10,11)12)13-6(4)8(14)15/h3H,1-2H3,(H,14,15). The Morgan fingerprint density at radius 2 is 2.06 bits per heavy atom. The lowest BCUT2D eigenvalue weighted by Gasteiger charge is -2.12. The molecule has 94 valence electrons. The van der Waals surface area contributed by atoms with Crippen LogP contribution in [0.3, 0.4) is 0 Å². The molecule has 0 aliphatic carbocycles. The van der Waals surface area contributed by atoms with E-state index in [2.05, 4.69) is 14.5 Å². The van der Waals surface area contributed by atoms with Crippen LogP contribution < -0.4 is 9.47 Å². The zero-order valence-electron chi connectivity index (χ0n) is 8.83. The first-order chi connectivity index (χ1) is 7.74.